The number of carbonyl (C=O) groups excluding carboxylic acids is 3. The SMILES string of the molecule is Cc1cc2cc(-c3ccc(C4=NC5(CCN(C(=O)C6CC6)CC5)C(=O)N4CC4=C=CC45CCN(C(=O)C4CC4)C5)cc3)ccc2o1. The minimum atomic E-state index is -0.858. The van der Waals surface area contributed by atoms with Crippen LogP contribution in [0.3, 0.4) is 0 Å². The third-order valence-corrected chi connectivity index (χ3v) is 11.1. The fourth-order valence-electron chi connectivity index (χ4n) is 7.92. The Morgan fingerprint density at radius 2 is 1.52 bits per heavy atom. The predicted molar refractivity (Wildman–Crippen MR) is 174 cm³/mol. The lowest BCUT2D eigenvalue weighted by Gasteiger charge is -2.38. The van der Waals surface area contributed by atoms with Crippen molar-refractivity contribution in [1.82, 2.24) is 14.7 Å². The van der Waals surface area contributed by atoms with E-state index in [-0.39, 0.29) is 35.0 Å². The zero-order valence-electron chi connectivity index (χ0n) is 26.3. The fraction of sp³-hybridized carbons (Fsp3) is 0.447. The number of carbonyl (C=O) groups is 3. The number of hydrogen-bond acceptors (Lipinski definition) is 5. The lowest BCUT2D eigenvalue weighted by Crippen LogP contribution is -2.52. The average molecular weight is 615 g/mol. The average Bonchev–Trinajstić information content (AvgIpc) is 3.99. The minimum Gasteiger partial charge on any atom is -0.461 e. The summed E-state index contributed by atoms with van der Waals surface area (Å²) in [4.78, 5) is 51.2. The van der Waals surface area contributed by atoms with Crippen molar-refractivity contribution in [2.24, 2.45) is 22.2 Å². The molecular formula is C38H38N4O4. The molecule has 2 spiro atoms. The molecule has 1 atom stereocenters. The molecule has 46 heavy (non-hydrogen) atoms. The Kier molecular flexibility index (Phi) is 6.08. The van der Waals surface area contributed by atoms with Crippen LogP contribution < -0.4 is 0 Å². The van der Waals surface area contributed by atoms with E-state index < -0.39 is 5.54 Å². The number of rotatable bonds is 6. The molecule has 2 saturated heterocycles. The van der Waals surface area contributed by atoms with Crippen LogP contribution in [0.4, 0.5) is 0 Å². The number of amidine groups is 1. The second-order valence-electron chi connectivity index (χ2n) is 14.4. The molecule has 2 saturated carbocycles. The standard InChI is InChI=1S/C38H38N4O4/c1-24-20-30-21-29(10-11-32(30)46-24)25-2-4-26(5-3-25)33-39-38(15-18-40(19-16-38)34(43)27-6-7-27)36(45)42(33)22-31-12-13-37(31)14-17-41(23-37)35(44)28-8-9-28/h2-5,10-11,13,20-21,27-28H,6-9,14-19,22-23H2,1H3. The molecule has 8 nitrogen and oxygen atoms in total. The van der Waals surface area contributed by atoms with Gasteiger partial charge >= 0.3 is 0 Å². The number of fused-ring (bicyclic) bond motifs is 1. The lowest BCUT2D eigenvalue weighted by atomic mass is 9.73. The van der Waals surface area contributed by atoms with E-state index in [0.717, 1.165) is 77.6 Å². The van der Waals surface area contributed by atoms with Crippen LogP contribution in [0.1, 0.15) is 56.3 Å². The van der Waals surface area contributed by atoms with Crippen LogP contribution in [0.25, 0.3) is 22.1 Å². The van der Waals surface area contributed by atoms with Crippen LogP contribution in [-0.4, -0.2) is 76.5 Å². The van der Waals surface area contributed by atoms with E-state index in [4.69, 9.17) is 9.41 Å². The second-order valence-corrected chi connectivity index (χ2v) is 14.4. The molecular weight excluding hydrogens is 576 g/mol. The summed E-state index contributed by atoms with van der Waals surface area (Å²) in [6.07, 6.45) is 8.04. The number of amides is 3. The largest absolute Gasteiger partial charge is 0.461 e. The molecule has 3 aliphatic carbocycles. The maximum Gasteiger partial charge on any atom is 0.256 e. The van der Waals surface area contributed by atoms with Crippen molar-refractivity contribution in [3.05, 3.63) is 77.2 Å². The Morgan fingerprint density at radius 3 is 2.20 bits per heavy atom. The summed E-state index contributed by atoms with van der Waals surface area (Å²) in [6, 6.07) is 16.6. The number of nitrogens with zero attached hydrogens (tertiary/aromatic N) is 4. The van der Waals surface area contributed by atoms with E-state index in [1.807, 2.05) is 27.7 Å². The zero-order chi connectivity index (χ0) is 31.2. The Bertz CT molecular complexity index is 1900. The molecule has 9 rings (SSSR count). The molecule has 6 aliphatic rings. The molecule has 8 heteroatoms. The number of furan rings is 1. The van der Waals surface area contributed by atoms with E-state index in [9.17, 15) is 14.4 Å². The Labute approximate surface area is 268 Å². The molecule has 4 fully saturated rings. The third-order valence-electron chi connectivity index (χ3n) is 11.1. The highest BCUT2D eigenvalue weighted by Gasteiger charge is 2.53. The van der Waals surface area contributed by atoms with Crippen LogP contribution in [0, 0.1) is 24.2 Å². The Hall–Kier alpha value is -4.42. The number of hydrogen-bond donors (Lipinski definition) is 0. The van der Waals surface area contributed by atoms with Crippen LogP contribution in [0.15, 0.2) is 75.3 Å². The number of likely N-dealkylation sites (tertiary alicyclic amines) is 2. The van der Waals surface area contributed by atoms with Crippen molar-refractivity contribution in [2.75, 3.05) is 32.7 Å². The number of piperidine rings is 1. The first-order valence-electron chi connectivity index (χ1n) is 16.9. The summed E-state index contributed by atoms with van der Waals surface area (Å²) in [5, 5.41) is 1.07. The van der Waals surface area contributed by atoms with E-state index >= 15 is 0 Å². The van der Waals surface area contributed by atoms with Gasteiger partial charge in [0, 0.05) is 60.0 Å². The van der Waals surface area contributed by atoms with Gasteiger partial charge in [-0.3, -0.25) is 24.3 Å². The molecule has 3 aliphatic heterocycles. The fourth-order valence-corrected chi connectivity index (χ4v) is 7.92. The highest BCUT2D eigenvalue weighted by molar-refractivity contribution is 6.15. The third kappa shape index (κ3) is 4.49. The number of aliphatic imine (C=N–C) groups is 1. The van der Waals surface area contributed by atoms with Gasteiger partial charge in [-0.05, 0) is 87.3 Å². The van der Waals surface area contributed by atoms with Crippen LogP contribution in [0.5, 0.6) is 0 Å². The first-order chi connectivity index (χ1) is 22.3. The van der Waals surface area contributed by atoms with E-state index in [2.05, 4.69) is 54.3 Å². The van der Waals surface area contributed by atoms with Gasteiger partial charge in [-0.2, -0.15) is 0 Å². The molecule has 0 radical (unpaired) electrons. The van der Waals surface area contributed by atoms with Gasteiger partial charge in [0.2, 0.25) is 11.8 Å². The number of benzene rings is 2. The minimum absolute atomic E-state index is 0.0196. The van der Waals surface area contributed by atoms with Crippen molar-refractivity contribution in [2.45, 2.75) is 57.4 Å². The van der Waals surface area contributed by atoms with Gasteiger partial charge in [-0.15, -0.1) is 5.73 Å². The van der Waals surface area contributed by atoms with Crippen molar-refractivity contribution < 1.29 is 18.8 Å². The molecule has 3 amide bonds. The first-order valence-corrected chi connectivity index (χ1v) is 16.9. The summed E-state index contributed by atoms with van der Waals surface area (Å²) in [7, 11) is 0. The monoisotopic (exact) mass is 614 g/mol. The maximum absolute atomic E-state index is 14.4. The van der Waals surface area contributed by atoms with Gasteiger partial charge in [-0.25, -0.2) is 0 Å². The molecule has 2 aromatic carbocycles. The van der Waals surface area contributed by atoms with E-state index in [1.165, 1.54) is 0 Å². The molecule has 1 unspecified atom stereocenters. The summed E-state index contributed by atoms with van der Waals surface area (Å²) >= 11 is 0. The van der Waals surface area contributed by atoms with Crippen LogP contribution >= 0.6 is 0 Å². The van der Waals surface area contributed by atoms with Gasteiger partial charge < -0.3 is 14.2 Å². The van der Waals surface area contributed by atoms with Crippen LogP contribution in [0.2, 0.25) is 0 Å². The molecule has 0 N–H and O–H groups in total. The zero-order valence-corrected chi connectivity index (χ0v) is 26.3. The predicted octanol–water partition coefficient (Wildman–Crippen LogP) is 5.49. The number of aryl methyl sites for hydroxylation is 1. The van der Waals surface area contributed by atoms with Crippen LogP contribution in [-0.2, 0) is 14.4 Å². The topological polar surface area (TPSA) is 86.4 Å². The van der Waals surface area contributed by atoms with Gasteiger partial charge in [0.1, 0.15) is 22.7 Å². The van der Waals surface area contributed by atoms with Crippen molar-refractivity contribution in [3.8, 4) is 11.1 Å². The molecule has 4 heterocycles. The second kappa shape index (κ2) is 10.0. The molecule has 1 aromatic heterocycles. The van der Waals surface area contributed by atoms with E-state index in [1.54, 1.807) is 0 Å². The van der Waals surface area contributed by atoms with Gasteiger partial charge in [-0.1, -0.05) is 30.3 Å². The summed E-state index contributed by atoms with van der Waals surface area (Å²) in [5.74, 6) is 2.50. The molecule has 234 valence electrons. The molecule has 3 aromatic rings. The molecule has 0 bridgehead atoms. The van der Waals surface area contributed by atoms with Crippen molar-refractivity contribution in [1.29, 1.82) is 0 Å². The Morgan fingerprint density at radius 1 is 0.870 bits per heavy atom. The van der Waals surface area contributed by atoms with Gasteiger partial charge in [0.25, 0.3) is 5.91 Å². The summed E-state index contributed by atoms with van der Waals surface area (Å²) in [6.45, 7) is 4.93. The normalized spacial score (nSPS) is 25.1. The quantitative estimate of drug-likeness (QED) is 0.344. The van der Waals surface area contributed by atoms with E-state index in [0.29, 0.717) is 44.9 Å². The highest BCUT2D eigenvalue weighted by atomic mass is 16.3. The summed E-state index contributed by atoms with van der Waals surface area (Å²) in [5.41, 5.74) is 7.40. The lowest BCUT2D eigenvalue weighted by molar-refractivity contribution is -0.139. The maximum atomic E-state index is 14.4. The van der Waals surface area contributed by atoms with Crippen molar-refractivity contribution >= 4 is 34.5 Å². The van der Waals surface area contributed by atoms with Gasteiger partial charge in [0.05, 0.1) is 6.54 Å². The summed E-state index contributed by atoms with van der Waals surface area (Å²) < 4.78 is 5.76. The smallest absolute Gasteiger partial charge is 0.256 e. The highest BCUT2D eigenvalue weighted by Crippen LogP contribution is 2.47. The Balaban J connectivity index is 1.00. The van der Waals surface area contributed by atoms with Crippen molar-refractivity contribution in [3.63, 3.8) is 0 Å². The first kappa shape index (κ1) is 27.9. The van der Waals surface area contributed by atoms with Gasteiger partial charge in [0.15, 0.2) is 0 Å².